The van der Waals surface area contributed by atoms with E-state index in [9.17, 15) is 9.18 Å². The Morgan fingerprint density at radius 3 is 2.62 bits per heavy atom. The summed E-state index contributed by atoms with van der Waals surface area (Å²) in [5.41, 5.74) is 1.67. The number of carbonyl (C=O) groups is 1. The van der Waals surface area contributed by atoms with E-state index in [0.717, 1.165) is 5.56 Å². The van der Waals surface area contributed by atoms with Crippen molar-refractivity contribution in [3.63, 3.8) is 0 Å². The van der Waals surface area contributed by atoms with Crippen LogP contribution in [-0.2, 0) is 23.1 Å². The van der Waals surface area contributed by atoms with Crippen LogP contribution in [0.5, 0.6) is 0 Å². The number of hydrogen-bond donors (Lipinski definition) is 0. The van der Waals surface area contributed by atoms with Gasteiger partial charge in [0.2, 0.25) is 0 Å². The molecule has 0 aliphatic carbocycles. The van der Waals surface area contributed by atoms with E-state index in [1.807, 2.05) is 25.2 Å². The molecule has 0 bridgehead atoms. The molecule has 2 aromatic rings. The molecule has 1 heterocycles. The van der Waals surface area contributed by atoms with E-state index >= 15 is 0 Å². The highest BCUT2D eigenvalue weighted by molar-refractivity contribution is 5.77. The Hall–Kier alpha value is -2.21. The number of aromatic nitrogens is 2. The van der Waals surface area contributed by atoms with Crippen LogP contribution in [0.3, 0.4) is 0 Å². The second kappa shape index (κ2) is 6.49. The summed E-state index contributed by atoms with van der Waals surface area (Å²) >= 11 is 0. The Morgan fingerprint density at radius 2 is 2.10 bits per heavy atom. The summed E-state index contributed by atoms with van der Waals surface area (Å²) in [6, 6.07) is 5.27. The van der Waals surface area contributed by atoms with Crippen LogP contribution >= 0.6 is 0 Å². The standard InChI is InChI=1S/C15H18FN3O2/c1-18(9-11-8-17-19(2)10-11)14(15(20)21-3)12-4-6-13(16)7-5-12/h4-8,10,14H,9H2,1-3H3/t14-/m0/s1. The molecule has 0 aliphatic rings. The lowest BCUT2D eigenvalue weighted by Crippen LogP contribution is -2.31. The van der Waals surface area contributed by atoms with Gasteiger partial charge in [-0.3, -0.25) is 9.58 Å². The SMILES string of the molecule is COC(=O)[C@H](c1ccc(F)cc1)N(C)Cc1cnn(C)c1. The van der Waals surface area contributed by atoms with E-state index in [1.54, 1.807) is 23.0 Å². The van der Waals surface area contributed by atoms with Crippen molar-refractivity contribution >= 4 is 5.97 Å². The van der Waals surface area contributed by atoms with Crippen molar-refractivity contribution < 1.29 is 13.9 Å². The third-order valence-corrected chi connectivity index (χ3v) is 3.24. The molecule has 21 heavy (non-hydrogen) atoms. The molecule has 0 unspecified atom stereocenters. The number of carbonyl (C=O) groups excluding carboxylic acids is 1. The van der Waals surface area contributed by atoms with Crippen molar-refractivity contribution in [1.82, 2.24) is 14.7 Å². The van der Waals surface area contributed by atoms with Crippen LogP contribution < -0.4 is 0 Å². The molecule has 0 radical (unpaired) electrons. The highest BCUT2D eigenvalue weighted by Crippen LogP contribution is 2.23. The predicted octanol–water partition coefficient (Wildman–Crippen LogP) is 1.91. The minimum absolute atomic E-state index is 0.336. The molecule has 0 saturated carbocycles. The molecule has 0 fully saturated rings. The zero-order valence-corrected chi connectivity index (χ0v) is 12.3. The van der Waals surface area contributed by atoms with Gasteiger partial charge in [-0.2, -0.15) is 5.10 Å². The van der Waals surface area contributed by atoms with Gasteiger partial charge in [-0.25, -0.2) is 9.18 Å². The molecule has 1 atom stereocenters. The van der Waals surface area contributed by atoms with Crippen molar-refractivity contribution in [2.75, 3.05) is 14.2 Å². The number of benzene rings is 1. The van der Waals surface area contributed by atoms with Gasteiger partial charge < -0.3 is 4.74 Å². The third kappa shape index (κ3) is 3.66. The maximum absolute atomic E-state index is 13.0. The van der Waals surface area contributed by atoms with Gasteiger partial charge in [0.05, 0.1) is 13.3 Å². The first-order valence-electron chi connectivity index (χ1n) is 6.52. The van der Waals surface area contributed by atoms with Gasteiger partial charge in [-0.15, -0.1) is 0 Å². The van der Waals surface area contributed by atoms with Crippen molar-refractivity contribution in [2.24, 2.45) is 7.05 Å². The fourth-order valence-electron chi connectivity index (χ4n) is 2.26. The average Bonchev–Trinajstić information content (AvgIpc) is 2.86. The minimum atomic E-state index is -0.587. The Balaban J connectivity index is 2.22. The normalized spacial score (nSPS) is 12.4. The van der Waals surface area contributed by atoms with E-state index in [4.69, 9.17) is 4.74 Å². The van der Waals surface area contributed by atoms with Gasteiger partial charge in [0.15, 0.2) is 0 Å². The molecular formula is C15H18FN3O2. The highest BCUT2D eigenvalue weighted by Gasteiger charge is 2.26. The fraction of sp³-hybridized carbons (Fsp3) is 0.333. The average molecular weight is 291 g/mol. The van der Waals surface area contributed by atoms with Crippen LogP contribution in [0.2, 0.25) is 0 Å². The first kappa shape index (κ1) is 15.2. The van der Waals surface area contributed by atoms with Gasteiger partial charge in [0.25, 0.3) is 0 Å². The van der Waals surface area contributed by atoms with Crippen LogP contribution in [-0.4, -0.2) is 34.8 Å². The molecule has 0 amide bonds. The number of rotatable bonds is 5. The van der Waals surface area contributed by atoms with Crippen LogP contribution in [0.25, 0.3) is 0 Å². The van der Waals surface area contributed by atoms with Crippen molar-refractivity contribution in [1.29, 1.82) is 0 Å². The second-order valence-corrected chi connectivity index (χ2v) is 4.91. The number of likely N-dealkylation sites (N-methyl/N-ethyl adjacent to an activating group) is 1. The summed E-state index contributed by atoms with van der Waals surface area (Å²) in [6.07, 6.45) is 3.63. The first-order chi connectivity index (χ1) is 10.0. The highest BCUT2D eigenvalue weighted by atomic mass is 19.1. The Labute approximate surface area is 122 Å². The monoisotopic (exact) mass is 291 g/mol. The number of hydrogen-bond acceptors (Lipinski definition) is 4. The van der Waals surface area contributed by atoms with Crippen LogP contribution in [0, 0.1) is 5.82 Å². The van der Waals surface area contributed by atoms with E-state index < -0.39 is 6.04 Å². The van der Waals surface area contributed by atoms with Crippen LogP contribution in [0.1, 0.15) is 17.2 Å². The summed E-state index contributed by atoms with van der Waals surface area (Å²) in [7, 11) is 5.00. The molecule has 112 valence electrons. The predicted molar refractivity (Wildman–Crippen MR) is 75.8 cm³/mol. The molecule has 2 rings (SSSR count). The van der Waals surface area contributed by atoms with Crippen molar-refractivity contribution in [3.8, 4) is 0 Å². The molecule has 5 nitrogen and oxygen atoms in total. The Kier molecular flexibility index (Phi) is 4.70. The van der Waals surface area contributed by atoms with Gasteiger partial charge in [-0.05, 0) is 24.7 Å². The fourth-order valence-corrected chi connectivity index (χ4v) is 2.26. The molecule has 0 saturated heterocycles. The van der Waals surface area contributed by atoms with E-state index in [2.05, 4.69) is 5.10 Å². The lowest BCUT2D eigenvalue weighted by Gasteiger charge is -2.25. The summed E-state index contributed by atoms with van der Waals surface area (Å²) in [6.45, 7) is 0.533. The molecule has 0 spiro atoms. The zero-order chi connectivity index (χ0) is 15.4. The summed E-state index contributed by atoms with van der Waals surface area (Å²) < 4.78 is 19.6. The smallest absolute Gasteiger partial charge is 0.327 e. The number of nitrogens with zero attached hydrogens (tertiary/aromatic N) is 3. The van der Waals surface area contributed by atoms with E-state index in [0.29, 0.717) is 12.1 Å². The summed E-state index contributed by atoms with van der Waals surface area (Å²) in [4.78, 5) is 13.9. The Bertz CT molecular complexity index is 610. The lowest BCUT2D eigenvalue weighted by atomic mass is 10.1. The van der Waals surface area contributed by atoms with Crippen LogP contribution in [0.4, 0.5) is 4.39 Å². The maximum Gasteiger partial charge on any atom is 0.327 e. The van der Waals surface area contributed by atoms with Gasteiger partial charge in [0.1, 0.15) is 11.9 Å². The van der Waals surface area contributed by atoms with Crippen molar-refractivity contribution in [2.45, 2.75) is 12.6 Å². The number of halogens is 1. The number of aryl methyl sites for hydroxylation is 1. The van der Waals surface area contributed by atoms with Gasteiger partial charge >= 0.3 is 5.97 Å². The van der Waals surface area contributed by atoms with Gasteiger partial charge in [-0.1, -0.05) is 12.1 Å². The summed E-state index contributed by atoms with van der Waals surface area (Å²) in [5, 5.41) is 4.10. The molecule has 0 N–H and O–H groups in total. The Morgan fingerprint density at radius 1 is 1.43 bits per heavy atom. The molecular weight excluding hydrogens is 273 g/mol. The second-order valence-electron chi connectivity index (χ2n) is 4.91. The maximum atomic E-state index is 13.0. The largest absolute Gasteiger partial charge is 0.468 e. The molecule has 1 aromatic carbocycles. The summed E-state index contributed by atoms with van der Waals surface area (Å²) in [5.74, 6) is -0.717. The van der Waals surface area contributed by atoms with Crippen LogP contribution in [0.15, 0.2) is 36.7 Å². The number of esters is 1. The number of ether oxygens (including phenoxy) is 1. The topological polar surface area (TPSA) is 47.4 Å². The number of methoxy groups -OCH3 is 1. The zero-order valence-electron chi connectivity index (χ0n) is 12.3. The lowest BCUT2D eigenvalue weighted by molar-refractivity contribution is -0.147. The molecule has 0 aliphatic heterocycles. The van der Waals surface area contributed by atoms with Crippen molar-refractivity contribution in [3.05, 3.63) is 53.6 Å². The van der Waals surface area contributed by atoms with E-state index in [-0.39, 0.29) is 11.8 Å². The first-order valence-corrected chi connectivity index (χ1v) is 6.52. The third-order valence-electron chi connectivity index (χ3n) is 3.24. The van der Waals surface area contributed by atoms with E-state index in [1.165, 1.54) is 19.2 Å². The quantitative estimate of drug-likeness (QED) is 0.790. The van der Waals surface area contributed by atoms with Gasteiger partial charge in [0, 0.05) is 25.4 Å². The minimum Gasteiger partial charge on any atom is -0.468 e. The molecule has 6 heteroatoms. The molecule has 1 aromatic heterocycles.